The van der Waals surface area contributed by atoms with E-state index in [0.29, 0.717) is 0 Å². The van der Waals surface area contributed by atoms with Gasteiger partial charge in [-0.3, -0.25) is 0 Å². The molecular weight excluding hydrogens is 194 g/mol. The zero-order valence-electron chi connectivity index (χ0n) is 11.8. The van der Waals surface area contributed by atoms with Crippen LogP contribution in [0.5, 0.6) is 0 Å². The monoisotopic (exact) mass is 225 g/mol. The Labute approximate surface area is 102 Å². The second-order valence-electron chi connectivity index (χ2n) is 6.06. The average molecular weight is 225 g/mol. The van der Waals surface area contributed by atoms with Gasteiger partial charge < -0.3 is 5.32 Å². The van der Waals surface area contributed by atoms with Gasteiger partial charge in [0, 0.05) is 6.04 Å². The van der Waals surface area contributed by atoms with Gasteiger partial charge in [-0.05, 0) is 37.1 Å². The molecule has 1 fully saturated rings. The van der Waals surface area contributed by atoms with E-state index in [2.05, 4.69) is 33.0 Å². The van der Waals surface area contributed by atoms with Crippen molar-refractivity contribution in [2.45, 2.75) is 72.3 Å². The molecule has 0 aliphatic heterocycles. The van der Waals surface area contributed by atoms with Gasteiger partial charge >= 0.3 is 0 Å². The molecule has 0 radical (unpaired) electrons. The zero-order chi connectivity index (χ0) is 12.0. The molecule has 1 rings (SSSR count). The molecule has 1 aliphatic rings. The summed E-state index contributed by atoms with van der Waals surface area (Å²) in [5, 5.41) is 3.73. The van der Waals surface area contributed by atoms with Crippen molar-refractivity contribution in [3.05, 3.63) is 0 Å². The summed E-state index contributed by atoms with van der Waals surface area (Å²) < 4.78 is 0. The standard InChI is InChI=1S/C15H31N/c1-5-16-15(11-6-8-12(2)3)14-10-7-9-13(14)4/h12-16H,5-11H2,1-4H3. The third-order valence-corrected chi connectivity index (χ3v) is 4.21. The van der Waals surface area contributed by atoms with E-state index in [1.807, 2.05) is 0 Å². The van der Waals surface area contributed by atoms with Gasteiger partial charge in [0.15, 0.2) is 0 Å². The van der Waals surface area contributed by atoms with Crippen LogP contribution in [0.25, 0.3) is 0 Å². The highest BCUT2D eigenvalue weighted by Gasteiger charge is 2.29. The van der Waals surface area contributed by atoms with Gasteiger partial charge in [0.25, 0.3) is 0 Å². The minimum Gasteiger partial charge on any atom is -0.314 e. The van der Waals surface area contributed by atoms with Crippen molar-refractivity contribution in [1.29, 1.82) is 0 Å². The summed E-state index contributed by atoms with van der Waals surface area (Å²) in [5.74, 6) is 2.76. The van der Waals surface area contributed by atoms with E-state index in [9.17, 15) is 0 Å². The molecule has 0 aromatic heterocycles. The number of hydrogen-bond acceptors (Lipinski definition) is 1. The van der Waals surface area contributed by atoms with Crippen LogP contribution in [0.2, 0.25) is 0 Å². The third-order valence-electron chi connectivity index (χ3n) is 4.21. The Kier molecular flexibility index (Phi) is 6.41. The fourth-order valence-electron chi connectivity index (χ4n) is 3.25. The first-order valence-corrected chi connectivity index (χ1v) is 7.38. The molecule has 0 aromatic carbocycles. The Balaban J connectivity index is 2.34. The number of hydrogen-bond donors (Lipinski definition) is 1. The molecule has 0 amide bonds. The second kappa shape index (κ2) is 7.32. The Morgan fingerprint density at radius 2 is 1.94 bits per heavy atom. The van der Waals surface area contributed by atoms with Crippen molar-refractivity contribution in [2.24, 2.45) is 17.8 Å². The lowest BCUT2D eigenvalue weighted by Gasteiger charge is -2.28. The number of rotatable bonds is 7. The van der Waals surface area contributed by atoms with Crippen molar-refractivity contribution in [3.63, 3.8) is 0 Å². The molecule has 0 bridgehead atoms. The summed E-state index contributed by atoms with van der Waals surface area (Å²) in [5.41, 5.74) is 0. The van der Waals surface area contributed by atoms with E-state index in [1.165, 1.54) is 38.5 Å². The topological polar surface area (TPSA) is 12.0 Å². The first-order valence-electron chi connectivity index (χ1n) is 7.38. The largest absolute Gasteiger partial charge is 0.314 e. The molecular formula is C15H31N. The molecule has 96 valence electrons. The molecule has 0 heterocycles. The zero-order valence-corrected chi connectivity index (χ0v) is 11.8. The highest BCUT2D eigenvalue weighted by Crippen LogP contribution is 2.35. The van der Waals surface area contributed by atoms with E-state index >= 15 is 0 Å². The van der Waals surface area contributed by atoms with Crippen LogP contribution in [0.15, 0.2) is 0 Å². The molecule has 3 unspecified atom stereocenters. The SMILES string of the molecule is CCNC(CCCC(C)C)C1CCCC1C. The normalized spacial score (nSPS) is 27.6. The molecule has 0 spiro atoms. The minimum absolute atomic E-state index is 0.793. The summed E-state index contributed by atoms with van der Waals surface area (Å²) >= 11 is 0. The van der Waals surface area contributed by atoms with Gasteiger partial charge in [0.2, 0.25) is 0 Å². The van der Waals surface area contributed by atoms with Crippen molar-refractivity contribution in [2.75, 3.05) is 6.54 Å². The van der Waals surface area contributed by atoms with Crippen LogP contribution in [0.3, 0.4) is 0 Å². The average Bonchev–Trinajstić information content (AvgIpc) is 2.63. The van der Waals surface area contributed by atoms with Crippen molar-refractivity contribution in [3.8, 4) is 0 Å². The van der Waals surface area contributed by atoms with Crippen molar-refractivity contribution in [1.82, 2.24) is 5.32 Å². The van der Waals surface area contributed by atoms with Crippen molar-refractivity contribution >= 4 is 0 Å². The predicted molar refractivity (Wildman–Crippen MR) is 72.7 cm³/mol. The smallest absolute Gasteiger partial charge is 0.00977 e. The lowest BCUT2D eigenvalue weighted by Crippen LogP contribution is -2.37. The molecule has 1 aliphatic carbocycles. The van der Waals surface area contributed by atoms with Crippen LogP contribution in [-0.4, -0.2) is 12.6 Å². The van der Waals surface area contributed by atoms with Crippen LogP contribution in [0.4, 0.5) is 0 Å². The highest BCUT2D eigenvalue weighted by atomic mass is 14.9. The molecule has 1 N–H and O–H groups in total. The molecule has 0 aromatic rings. The Morgan fingerprint density at radius 3 is 2.44 bits per heavy atom. The number of nitrogens with one attached hydrogen (secondary N) is 1. The summed E-state index contributed by atoms with van der Waals surface area (Å²) in [7, 11) is 0. The highest BCUT2D eigenvalue weighted by molar-refractivity contribution is 4.84. The lowest BCUT2D eigenvalue weighted by molar-refractivity contribution is 0.278. The van der Waals surface area contributed by atoms with Gasteiger partial charge in [0.1, 0.15) is 0 Å². The van der Waals surface area contributed by atoms with Crippen molar-refractivity contribution < 1.29 is 0 Å². The molecule has 1 heteroatoms. The molecule has 1 saturated carbocycles. The lowest BCUT2D eigenvalue weighted by atomic mass is 9.86. The summed E-state index contributed by atoms with van der Waals surface area (Å²) in [6.45, 7) is 10.5. The van der Waals surface area contributed by atoms with E-state index in [1.54, 1.807) is 0 Å². The van der Waals surface area contributed by atoms with Gasteiger partial charge in [-0.25, -0.2) is 0 Å². The Morgan fingerprint density at radius 1 is 1.19 bits per heavy atom. The second-order valence-corrected chi connectivity index (χ2v) is 6.06. The Hall–Kier alpha value is -0.0400. The van der Waals surface area contributed by atoms with E-state index < -0.39 is 0 Å². The van der Waals surface area contributed by atoms with Crippen LogP contribution in [-0.2, 0) is 0 Å². The summed E-state index contributed by atoms with van der Waals surface area (Å²) in [6, 6.07) is 0.793. The van der Waals surface area contributed by atoms with Gasteiger partial charge in [0.05, 0.1) is 0 Å². The third kappa shape index (κ3) is 4.45. The quantitative estimate of drug-likeness (QED) is 0.684. The van der Waals surface area contributed by atoms with E-state index in [4.69, 9.17) is 0 Å². The maximum Gasteiger partial charge on any atom is 0.00977 e. The maximum absolute atomic E-state index is 3.73. The summed E-state index contributed by atoms with van der Waals surface area (Å²) in [4.78, 5) is 0. The summed E-state index contributed by atoms with van der Waals surface area (Å²) in [6.07, 6.45) is 8.55. The van der Waals surface area contributed by atoms with Crippen LogP contribution in [0, 0.1) is 17.8 Å². The van der Waals surface area contributed by atoms with E-state index in [-0.39, 0.29) is 0 Å². The molecule has 0 saturated heterocycles. The predicted octanol–water partition coefficient (Wildman–Crippen LogP) is 4.23. The fourth-order valence-corrected chi connectivity index (χ4v) is 3.25. The minimum atomic E-state index is 0.793. The van der Waals surface area contributed by atoms with Crippen LogP contribution in [0.1, 0.15) is 66.2 Å². The fraction of sp³-hybridized carbons (Fsp3) is 1.00. The Bertz CT molecular complexity index is 176. The van der Waals surface area contributed by atoms with Gasteiger partial charge in [-0.15, -0.1) is 0 Å². The van der Waals surface area contributed by atoms with Crippen LogP contribution < -0.4 is 5.32 Å². The molecule has 16 heavy (non-hydrogen) atoms. The first-order chi connectivity index (χ1) is 7.65. The first kappa shape index (κ1) is 14.0. The van der Waals surface area contributed by atoms with Crippen LogP contribution >= 0.6 is 0 Å². The maximum atomic E-state index is 3.73. The molecule has 3 atom stereocenters. The molecule has 1 nitrogen and oxygen atoms in total. The van der Waals surface area contributed by atoms with Gasteiger partial charge in [-0.1, -0.05) is 53.4 Å². The van der Waals surface area contributed by atoms with Gasteiger partial charge in [-0.2, -0.15) is 0 Å². The van der Waals surface area contributed by atoms with E-state index in [0.717, 1.165) is 30.3 Å².